The van der Waals surface area contributed by atoms with Crippen molar-refractivity contribution in [3.05, 3.63) is 75.3 Å². The highest BCUT2D eigenvalue weighted by Crippen LogP contribution is 2.35. The monoisotopic (exact) mass is 479 g/mol. The molecule has 1 unspecified atom stereocenters. The largest absolute Gasteiger partial charge is 0.467 e. The van der Waals surface area contributed by atoms with Crippen molar-refractivity contribution in [1.82, 2.24) is 14.9 Å². The van der Waals surface area contributed by atoms with Crippen molar-refractivity contribution >= 4 is 39.2 Å². The summed E-state index contributed by atoms with van der Waals surface area (Å²) in [6, 6.07) is 13.2. The normalized spacial score (nSPS) is 14.6. The Balaban J connectivity index is 1.53. The molecule has 1 aliphatic carbocycles. The molecular weight excluding hydrogens is 454 g/mol. The van der Waals surface area contributed by atoms with E-state index in [2.05, 4.69) is 5.32 Å². The molecule has 33 heavy (non-hydrogen) atoms. The highest BCUT2D eigenvalue weighted by molar-refractivity contribution is 8.00. The standard InChI is InChI=1S/C25H25N3O3S2/c1-16(22(29)26-15-18-11-8-14-31-18)32-25-27-23-21(19-12-6-3-7-13-20(19)33-23)24(30)28(25)17-9-4-2-5-10-17/h2,4-5,8-11,14,16H,3,6-7,12-13,15H2,1H3,(H,26,29). The van der Waals surface area contributed by atoms with E-state index >= 15 is 0 Å². The van der Waals surface area contributed by atoms with Crippen molar-refractivity contribution in [3.8, 4) is 5.69 Å². The quantitative estimate of drug-likeness (QED) is 0.236. The lowest BCUT2D eigenvalue weighted by Crippen LogP contribution is -2.31. The molecule has 8 heteroatoms. The minimum absolute atomic E-state index is 0.0451. The van der Waals surface area contributed by atoms with Gasteiger partial charge in [-0.3, -0.25) is 14.2 Å². The number of carbonyl (C=O) groups excluding carboxylic acids is 1. The number of amides is 1. The third-order valence-electron chi connectivity index (χ3n) is 5.89. The van der Waals surface area contributed by atoms with Crippen molar-refractivity contribution in [2.75, 3.05) is 0 Å². The molecule has 3 aromatic heterocycles. The van der Waals surface area contributed by atoms with Crippen molar-refractivity contribution < 1.29 is 9.21 Å². The van der Waals surface area contributed by atoms with Gasteiger partial charge in [-0.05, 0) is 62.4 Å². The van der Waals surface area contributed by atoms with Crippen LogP contribution in [-0.4, -0.2) is 20.7 Å². The van der Waals surface area contributed by atoms with E-state index in [1.807, 2.05) is 43.3 Å². The smallest absolute Gasteiger partial charge is 0.267 e. The number of furan rings is 1. The van der Waals surface area contributed by atoms with Gasteiger partial charge in [0.1, 0.15) is 10.6 Å². The van der Waals surface area contributed by atoms with Gasteiger partial charge in [0, 0.05) is 4.88 Å². The molecule has 0 fully saturated rings. The van der Waals surface area contributed by atoms with Crippen LogP contribution in [0.3, 0.4) is 0 Å². The summed E-state index contributed by atoms with van der Waals surface area (Å²) in [5.41, 5.74) is 1.89. The van der Waals surface area contributed by atoms with Crippen LogP contribution in [0.15, 0.2) is 63.1 Å². The number of nitrogens with zero attached hydrogens (tertiary/aromatic N) is 2. The molecule has 0 saturated heterocycles. The third-order valence-corrected chi connectivity index (χ3v) is 8.13. The first-order chi connectivity index (χ1) is 16.1. The van der Waals surface area contributed by atoms with Gasteiger partial charge in [-0.25, -0.2) is 4.98 Å². The van der Waals surface area contributed by atoms with E-state index in [0.717, 1.165) is 41.6 Å². The zero-order valence-electron chi connectivity index (χ0n) is 18.4. The predicted molar refractivity (Wildman–Crippen MR) is 132 cm³/mol. The van der Waals surface area contributed by atoms with Gasteiger partial charge in [0.25, 0.3) is 5.56 Å². The topological polar surface area (TPSA) is 77.1 Å². The van der Waals surface area contributed by atoms with Gasteiger partial charge >= 0.3 is 0 Å². The van der Waals surface area contributed by atoms with E-state index in [9.17, 15) is 9.59 Å². The second-order valence-electron chi connectivity index (χ2n) is 8.17. The number of fused-ring (bicyclic) bond motifs is 3. The summed E-state index contributed by atoms with van der Waals surface area (Å²) in [7, 11) is 0. The molecule has 0 bridgehead atoms. The number of benzene rings is 1. The molecule has 170 valence electrons. The number of rotatable bonds is 6. The molecule has 4 aromatic rings. The van der Waals surface area contributed by atoms with Crippen LogP contribution in [0.25, 0.3) is 15.9 Å². The summed E-state index contributed by atoms with van der Waals surface area (Å²) >= 11 is 2.94. The number of thioether (sulfide) groups is 1. The summed E-state index contributed by atoms with van der Waals surface area (Å²) in [5, 5.41) is 3.75. The molecule has 1 atom stereocenters. The Kier molecular flexibility index (Phi) is 6.37. The van der Waals surface area contributed by atoms with Gasteiger partial charge in [0.15, 0.2) is 5.16 Å². The highest BCUT2D eigenvalue weighted by Gasteiger charge is 2.24. The second-order valence-corrected chi connectivity index (χ2v) is 10.6. The van der Waals surface area contributed by atoms with E-state index in [1.165, 1.54) is 28.6 Å². The number of para-hydroxylation sites is 1. The minimum atomic E-state index is -0.433. The first-order valence-corrected chi connectivity index (χ1v) is 12.9. The minimum Gasteiger partial charge on any atom is -0.467 e. The highest BCUT2D eigenvalue weighted by atomic mass is 32.2. The van der Waals surface area contributed by atoms with E-state index < -0.39 is 5.25 Å². The van der Waals surface area contributed by atoms with Crippen LogP contribution in [-0.2, 0) is 24.2 Å². The molecule has 1 N–H and O–H groups in total. The number of carbonyl (C=O) groups is 1. The Morgan fingerprint density at radius 1 is 1.18 bits per heavy atom. The molecule has 3 heterocycles. The average Bonchev–Trinajstić information content (AvgIpc) is 3.40. The maximum absolute atomic E-state index is 13.8. The lowest BCUT2D eigenvalue weighted by atomic mass is 10.1. The van der Waals surface area contributed by atoms with Crippen molar-refractivity contribution in [3.63, 3.8) is 0 Å². The number of thiophene rings is 1. The van der Waals surface area contributed by atoms with Gasteiger partial charge in [0.2, 0.25) is 5.91 Å². The zero-order chi connectivity index (χ0) is 22.8. The van der Waals surface area contributed by atoms with E-state index in [-0.39, 0.29) is 11.5 Å². The summed E-state index contributed by atoms with van der Waals surface area (Å²) in [6.45, 7) is 2.16. The van der Waals surface area contributed by atoms with Crippen LogP contribution in [0.5, 0.6) is 0 Å². The molecule has 0 saturated carbocycles. The van der Waals surface area contributed by atoms with Crippen LogP contribution in [0.1, 0.15) is 42.4 Å². The van der Waals surface area contributed by atoms with Crippen molar-refractivity contribution in [1.29, 1.82) is 0 Å². The number of nitrogens with one attached hydrogen (secondary N) is 1. The molecule has 1 aromatic carbocycles. The molecule has 0 radical (unpaired) electrons. The number of aryl methyl sites for hydroxylation is 2. The van der Waals surface area contributed by atoms with Crippen molar-refractivity contribution in [2.24, 2.45) is 0 Å². The first-order valence-electron chi connectivity index (χ1n) is 11.2. The van der Waals surface area contributed by atoms with Gasteiger partial charge in [-0.2, -0.15) is 0 Å². The van der Waals surface area contributed by atoms with Crippen LogP contribution in [0, 0.1) is 0 Å². The molecule has 1 aliphatic rings. The summed E-state index contributed by atoms with van der Waals surface area (Å²) in [5.74, 6) is 0.564. The molecular formula is C25H25N3O3S2. The predicted octanol–water partition coefficient (Wildman–Crippen LogP) is 5.11. The average molecular weight is 480 g/mol. The van der Waals surface area contributed by atoms with Crippen LogP contribution in [0.4, 0.5) is 0 Å². The van der Waals surface area contributed by atoms with E-state index in [0.29, 0.717) is 17.5 Å². The van der Waals surface area contributed by atoms with Crippen LogP contribution < -0.4 is 10.9 Å². The van der Waals surface area contributed by atoms with Crippen molar-refractivity contribution in [2.45, 2.75) is 56.0 Å². The van der Waals surface area contributed by atoms with Gasteiger partial charge < -0.3 is 9.73 Å². The van der Waals surface area contributed by atoms with E-state index in [1.54, 1.807) is 28.2 Å². The Morgan fingerprint density at radius 2 is 2.00 bits per heavy atom. The van der Waals surface area contributed by atoms with Crippen LogP contribution in [0.2, 0.25) is 0 Å². The maximum atomic E-state index is 13.8. The van der Waals surface area contributed by atoms with Gasteiger partial charge in [-0.15, -0.1) is 11.3 Å². The third kappa shape index (κ3) is 4.50. The van der Waals surface area contributed by atoms with Gasteiger partial charge in [-0.1, -0.05) is 36.4 Å². The first kappa shape index (κ1) is 22.0. The van der Waals surface area contributed by atoms with Crippen LogP contribution >= 0.6 is 23.1 Å². The Morgan fingerprint density at radius 3 is 2.79 bits per heavy atom. The molecule has 6 nitrogen and oxygen atoms in total. The Hall–Kier alpha value is -2.84. The molecule has 5 rings (SSSR count). The maximum Gasteiger partial charge on any atom is 0.267 e. The van der Waals surface area contributed by atoms with E-state index in [4.69, 9.17) is 9.40 Å². The zero-order valence-corrected chi connectivity index (χ0v) is 20.0. The lowest BCUT2D eigenvalue weighted by Gasteiger charge is -2.16. The molecule has 1 amide bonds. The SMILES string of the molecule is CC(Sc1nc2sc3c(c2c(=O)n1-c1ccccc1)CCCCC3)C(=O)NCc1ccco1. The Labute approximate surface area is 200 Å². The number of hydrogen-bond donors (Lipinski definition) is 1. The summed E-state index contributed by atoms with van der Waals surface area (Å²) in [4.78, 5) is 33.6. The summed E-state index contributed by atoms with van der Waals surface area (Å²) in [6.07, 6.45) is 6.98. The fourth-order valence-electron chi connectivity index (χ4n) is 4.19. The summed E-state index contributed by atoms with van der Waals surface area (Å²) < 4.78 is 6.96. The lowest BCUT2D eigenvalue weighted by molar-refractivity contribution is -0.120. The second kappa shape index (κ2) is 9.57. The molecule has 0 spiro atoms. The fraction of sp³-hybridized carbons (Fsp3) is 0.320. The molecule has 0 aliphatic heterocycles. The Bertz CT molecular complexity index is 1330. The number of hydrogen-bond acceptors (Lipinski definition) is 6. The van der Waals surface area contributed by atoms with Gasteiger partial charge in [0.05, 0.1) is 29.1 Å². The number of aromatic nitrogens is 2. The fourth-order valence-corrected chi connectivity index (χ4v) is 6.44.